The minimum absolute atomic E-state index is 0.188. The van der Waals surface area contributed by atoms with Crippen LogP contribution < -0.4 is 10.1 Å². The van der Waals surface area contributed by atoms with Gasteiger partial charge in [0.1, 0.15) is 5.75 Å². The number of hydrogen-bond donors (Lipinski definition) is 1. The number of amides is 2. The van der Waals surface area contributed by atoms with Crippen LogP contribution in [0, 0.1) is 0 Å². The molecule has 2 amide bonds. The van der Waals surface area contributed by atoms with Gasteiger partial charge in [-0.2, -0.15) is 0 Å². The van der Waals surface area contributed by atoms with Crippen molar-refractivity contribution >= 4 is 34.9 Å². The van der Waals surface area contributed by atoms with Crippen LogP contribution in [-0.4, -0.2) is 34.1 Å². The second-order valence-corrected chi connectivity index (χ2v) is 7.30. The quantitative estimate of drug-likeness (QED) is 0.523. The highest BCUT2D eigenvalue weighted by Gasteiger charge is 2.15. The van der Waals surface area contributed by atoms with Crippen molar-refractivity contribution in [3.8, 4) is 5.75 Å². The number of carbonyl (C=O) groups excluding carboxylic acids is 1. The normalized spacial score (nSPS) is 10.6. The number of benzene rings is 2. The van der Waals surface area contributed by atoms with E-state index in [-0.39, 0.29) is 6.03 Å². The van der Waals surface area contributed by atoms with E-state index in [9.17, 15) is 4.79 Å². The predicted octanol–water partition coefficient (Wildman–Crippen LogP) is 5.32. The molecule has 0 aliphatic rings. The second-order valence-electron chi connectivity index (χ2n) is 6.48. The van der Waals surface area contributed by atoms with E-state index >= 15 is 0 Å². The van der Waals surface area contributed by atoms with E-state index < -0.39 is 0 Å². The average Bonchev–Trinajstić information content (AvgIpc) is 3.24. The summed E-state index contributed by atoms with van der Waals surface area (Å²) in [7, 11) is 1.60. The largest absolute Gasteiger partial charge is 0.497 e. The fourth-order valence-electron chi connectivity index (χ4n) is 2.85. The zero-order valence-electron chi connectivity index (χ0n) is 16.0. The summed E-state index contributed by atoms with van der Waals surface area (Å²) in [6, 6.07) is 12.4. The zero-order valence-corrected chi connectivity index (χ0v) is 17.5. The van der Waals surface area contributed by atoms with E-state index in [0.717, 1.165) is 24.3 Å². The summed E-state index contributed by atoms with van der Waals surface area (Å²) in [4.78, 5) is 18.7. The molecule has 6 nitrogen and oxygen atoms in total. The summed E-state index contributed by atoms with van der Waals surface area (Å²) in [6.07, 6.45) is 6.19. The summed E-state index contributed by atoms with van der Waals surface area (Å²) < 4.78 is 7.14. The Hall–Kier alpha value is -2.70. The van der Waals surface area contributed by atoms with Crippen LogP contribution in [0.3, 0.4) is 0 Å². The first-order chi connectivity index (χ1) is 14.0. The average molecular weight is 433 g/mol. The van der Waals surface area contributed by atoms with Crippen molar-refractivity contribution in [1.82, 2.24) is 14.5 Å². The van der Waals surface area contributed by atoms with Crippen molar-refractivity contribution in [3.63, 3.8) is 0 Å². The number of aromatic nitrogens is 2. The lowest BCUT2D eigenvalue weighted by atomic mass is 10.2. The van der Waals surface area contributed by atoms with Gasteiger partial charge in [-0.15, -0.1) is 0 Å². The topological polar surface area (TPSA) is 59.4 Å². The third kappa shape index (κ3) is 6.14. The fraction of sp³-hybridized carbons (Fsp3) is 0.238. The lowest BCUT2D eigenvalue weighted by Gasteiger charge is -2.24. The fourth-order valence-corrected chi connectivity index (χ4v) is 3.17. The number of nitrogens with zero attached hydrogens (tertiary/aromatic N) is 3. The zero-order chi connectivity index (χ0) is 20.6. The van der Waals surface area contributed by atoms with Crippen LogP contribution in [0.1, 0.15) is 12.0 Å². The number of halogens is 2. The van der Waals surface area contributed by atoms with Gasteiger partial charge >= 0.3 is 6.03 Å². The first kappa shape index (κ1) is 21.0. The number of carbonyl (C=O) groups is 1. The van der Waals surface area contributed by atoms with Crippen LogP contribution in [0.25, 0.3) is 0 Å². The SMILES string of the molecule is COc1ccc(NC(=O)N(CCCn2ccnc2)Cc2ccc(Cl)c(Cl)c2)cc1. The summed E-state index contributed by atoms with van der Waals surface area (Å²) in [5.41, 5.74) is 1.61. The lowest BCUT2D eigenvalue weighted by Crippen LogP contribution is -2.35. The van der Waals surface area contributed by atoms with Crippen molar-refractivity contribution < 1.29 is 9.53 Å². The van der Waals surface area contributed by atoms with Crippen LogP contribution in [0.5, 0.6) is 5.75 Å². The molecule has 8 heteroatoms. The number of methoxy groups -OCH3 is 1. The van der Waals surface area contributed by atoms with E-state index in [1.807, 2.05) is 16.8 Å². The molecule has 0 aliphatic carbocycles. The van der Waals surface area contributed by atoms with E-state index in [1.54, 1.807) is 60.9 Å². The molecule has 1 N–H and O–H groups in total. The third-order valence-electron chi connectivity index (χ3n) is 4.39. The van der Waals surface area contributed by atoms with Crippen LogP contribution >= 0.6 is 23.2 Å². The molecule has 1 heterocycles. The maximum Gasteiger partial charge on any atom is 0.322 e. The molecular weight excluding hydrogens is 411 g/mol. The molecule has 0 radical (unpaired) electrons. The minimum Gasteiger partial charge on any atom is -0.497 e. The monoisotopic (exact) mass is 432 g/mol. The highest BCUT2D eigenvalue weighted by molar-refractivity contribution is 6.42. The standard InChI is InChI=1S/C21H22Cl2N4O2/c1-29-18-6-4-17(5-7-18)25-21(28)27(11-2-10-26-12-9-24-15-26)14-16-3-8-19(22)20(23)13-16/h3-9,12-13,15H,2,10-11,14H2,1H3,(H,25,28). The maximum absolute atomic E-state index is 12.9. The molecule has 3 aromatic rings. The molecule has 1 aromatic heterocycles. The number of rotatable bonds is 8. The van der Waals surface area contributed by atoms with Gasteiger partial charge in [0.25, 0.3) is 0 Å². The van der Waals surface area contributed by atoms with E-state index in [2.05, 4.69) is 10.3 Å². The third-order valence-corrected chi connectivity index (χ3v) is 5.13. The first-order valence-electron chi connectivity index (χ1n) is 9.15. The molecule has 0 unspecified atom stereocenters. The number of hydrogen-bond acceptors (Lipinski definition) is 3. The number of nitrogens with one attached hydrogen (secondary N) is 1. The molecule has 0 bridgehead atoms. The Morgan fingerprint density at radius 1 is 1.17 bits per heavy atom. The van der Waals surface area contributed by atoms with Gasteiger partial charge in [-0.3, -0.25) is 0 Å². The highest BCUT2D eigenvalue weighted by Crippen LogP contribution is 2.23. The molecular formula is C21H22Cl2N4O2. The van der Waals surface area contributed by atoms with Gasteiger partial charge in [0.05, 0.1) is 23.5 Å². The van der Waals surface area contributed by atoms with Gasteiger partial charge < -0.3 is 19.5 Å². The summed E-state index contributed by atoms with van der Waals surface area (Å²) in [5, 5.41) is 3.90. The summed E-state index contributed by atoms with van der Waals surface area (Å²) in [5.74, 6) is 0.732. The molecule has 0 saturated heterocycles. The van der Waals surface area contributed by atoms with Gasteiger partial charge in [0, 0.05) is 37.7 Å². The first-order valence-corrected chi connectivity index (χ1v) is 9.90. The van der Waals surface area contributed by atoms with E-state index in [0.29, 0.717) is 28.8 Å². The number of anilines is 1. The molecule has 0 atom stereocenters. The second kappa shape index (κ2) is 10.2. The summed E-state index contributed by atoms with van der Waals surface area (Å²) in [6.45, 7) is 1.76. The molecule has 0 aliphatic heterocycles. The highest BCUT2D eigenvalue weighted by atomic mass is 35.5. The van der Waals surface area contributed by atoms with Crippen LogP contribution in [0.2, 0.25) is 10.0 Å². The smallest absolute Gasteiger partial charge is 0.322 e. The lowest BCUT2D eigenvalue weighted by molar-refractivity contribution is 0.207. The molecule has 0 saturated carbocycles. The Kier molecular flexibility index (Phi) is 7.38. The predicted molar refractivity (Wildman–Crippen MR) is 116 cm³/mol. The van der Waals surface area contributed by atoms with Gasteiger partial charge in [-0.25, -0.2) is 9.78 Å². The van der Waals surface area contributed by atoms with Gasteiger partial charge in [0.2, 0.25) is 0 Å². The maximum atomic E-state index is 12.9. The Labute approximate surface area is 180 Å². The molecule has 0 fully saturated rings. The number of aryl methyl sites for hydroxylation is 1. The van der Waals surface area contributed by atoms with Gasteiger partial charge in [-0.05, 0) is 48.4 Å². The van der Waals surface area contributed by atoms with Crippen LogP contribution in [0.15, 0.2) is 61.2 Å². The number of urea groups is 1. The molecule has 29 heavy (non-hydrogen) atoms. The Morgan fingerprint density at radius 3 is 2.62 bits per heavy atom. The van der Waals surface area contributed by atoms with Crippen molar-refractivity contribution in [3.05, 3.63) is 76.8 Å². The molecule has 0 spiro atoms. The van der Waals surface area contributed by atoms with Crippen molar-refractivity contribution in [2.75, 3.05) is 19.0 Å². The van der Waals surface area contributed by atoms with Crippen LogP contribution in [0.4, 0.5) is 10.5 Å². The Morgan fingerprint density at radius 2 is 1.97 bits per heavy atom. The van der Waals surface area contributed by atoms with Crippen molar-refractivity contribution in [2.24, 2.45) is 0 Å². The van der Waals surface area contributed by atoms with Gasteiger partial charge in [0.15, 0.2) is 0 Å². The van der Waals surface area contributed by atoms with Crippen molar-refractivity contribution in [1.29, 1.82) is 0 Å². The number of imidazole rings is 1. The Bertz CT molecular complexity index is 930. The molecule has 152 valence electrons. The molecule has 3 rings (SSSR count). The van der Waals surface area contributed by atoms with E-state index in [4.69, 9.17) is 27.9 Å². The van der Waals surface area contributed by atoms with E-state index in [1.165, 1.54) is 0 Å². The molecule has 2 aromatic carbocycles. The van der Waals surface area contributed by atoms with Crippen molar-refractivity contribution in [2.45, 2.75) is 19.5 Å². The van der Waals surface area contributed by atoms with Gasteiger partial charge in [-0.1, -0.05) is 29.3 Å². The minimum atomic E-state index is -0.188. The van der Waals surface area contributed by atoms with Crippen LogP contribution in [-0.2, 0) is 13.1 Å². The number of ether oxygens (including phenoxy) is 1. The summed E-state index contributed by atoms with van der Waals surface area (Å²) >= 11 is 12.1. The Balaban J connectivity index is 1.68.